The van der Waals surface area contributed by atoms with E-state index in [0.29, 0.717) is 18.7 Å². The average Bonchev–Trinajstić information content (AvgIpc) is 3.17. The summed E-state index contributed by atoms with van der Waals surface area (Å²) >= 11 is 1.57. The van der Waals surface area contributed by atoms with Crippen LogP contribution in [0.1, 0.15) is 36.5 Å². The molecule has 6 heteroatoms. The molecule has 1 aromatic heterocycles. The van der Waals surface area contributed by atoms with Crippen molar-refractivity contribution in [3.63, 3.8) is 0 Å². The molecule has 1 aliphatic heterocycles. The zero-order valence-electron chi connectivity index (χ0n) is 14.6. The third kappa shape index (κ3) is 3.74. The lowest BCUT2D eigenvalue weighted by Crippen LogP contribution is -2.57. The molecule has 1 fully saturated rings. The minimum absolute atomic E-state index is 0.0486. The van der Waals surface area contributed by atoms with Crippen LogP contribution in [0.3, 0.4) is 0 Å². The van der Waals surface area contributed by atoms with Gasteiger partial charge in [-0.25, -0.2) is 4.98 Å². The minimum Gasteiger partial charge on any atom is -0.342 e. The third-order valence-corrected chi connectivity index (χ3v) is 5.44. The van der Waals surface area contributed by atoms with Gasteiger partial charge in [0.25, 0.3) is 5.91 Å². The van der Waals surface area contributed by atoms with Gasteiger partial charge in [0, 0.05) is 42.8 Å². The Morgan fingerprint density at radius 3 is 2.68 bits per heavy atom. The second-order valence-corrected chi connectivity index (χ2v) is 7.23. The van der Waals surface area contributed by atoms with Crippen LogP contribution in [0.5, 0.6) is 0 Å². The van der Waals surface area contributed by atoms with Gasteiger partial charge in [-0.3, -0.25) is 9.59 Å². The first-order chi connectivity index (χ1) is 12.1. The summed E-state index contributed by atoms with van der Waals surface area (Å²) in [6, 6.07) is 7.16. The van der Waals surface area contributed by atoms with E-state index in [2.05, 4.69) is 11.9 Å². The summed E-state index contributed by atoms with van der Waals surface area (Å²) < 4.78 is 0. The largest absolute Gasteiger partial charge is 0.342 e. The van der Waals surface area contributed by atoms with Crippen LogP contribution >= 0.6 is 11.3 Å². The maximum atomic E-state index is 13.0. The normalized spacial score (nSPS) is 17.8. The quantitative estimate of drug-likeness (QED) is 0.825. The Kier molecular flexibility index (Phi) is 5.48. The molecule has 2 heterocycles. The number of aromatic nitrogens is 1. The van der Waals surface area contributed by atoms with Gasteiger partial charge >= 0.3 is 0 Å². The molecular formula is C19H23N3O2S. The summed E-state index contributed by atoms with van der Waals surface area (Å²) in [6.07, 6.45) is 4.45. The number of carbonyl (C=O) groups is 2. The monoisotopic (exact) mass is 357 g/mol. The summed E-state index contributed by atoms with van der Waals surface area (Å²) in [7, 11) is 1.81. The lowest BCUT2D eigenvalue weighted by Gasteiger charge is -2.39. The van der Waals surface area contributed by atoms with E-state index in [0.717, 1.165) is 29.8 Å². The van der Waals surface area contributed by atoms with E-state index in [1.54, 1.807) is 27.3 Å². The predicted molar refractivity (Wildman–Crippen MR) is 99.5 cm³/mol. The Morgan fingerprint density at radius 1 is 1.28 bits per heavy atom. The molecule has 132 valence electrons. The maximum Gasteiger partial charge on any atom is 0.254 e. The van der Waals surface area contributed by atoms with Crippen LogP contribution in [-0.2, 0) is 4.79 Å². The van der Waals surface area contributed by atoms with Crippen molar-refractivity contribution in [1.29, 1.82) is 0 Å². The molecule has 1 atom stereocenters. The van der Waals surface area contributed by atoms with Gasteiger partial charge < -0.3 is 9.80 Å². The minimum atomic E-state index is -0.343. The molecule has 0 radical (unpaired) electrons. The molecule has 2 amide bonds. The first-order valence-electron chi connectivity index (χ1n) is 8.67. The summed E-state index contributed by atoms with van der Waals surface area (Å²) in [5.41, 5.74) is 1.63. The predicted octanol–water partition coefficient (Wildman–Crippen LogP) is 3.28. The Bertz CT molecular complexity index is 728. The molecule has 1 aliphatic rings. The molecule has 2 aromatic rings. The van der Waals surface area contributed by atoms with Crippen molar-refractivity contribution >= 4 is 23.2 Å². The van der Waals surface area contributed by atoms with Crippen LogP contribution in [0.2, 0.25) is 0 Å². The topological polar surface area (TPSA) is 53.5 Å². The van der Waals surface area contributed by atoms with Crippen molar-refractivity contribution in [3.05, 3.63) is 41.4 Å². The van der Waals surface area contributed by atoms with E-state index in [4.69, 9.17) is 0 Å². The number of amides is 2. The zero-order valence-corrected chi connectivity index (χ0v) is 15.5. The van der Waals surface area contributed by atoms with E-state index in [9.17, 15) is 9.59 Å². The fourth-order valence-electron chi connectivity index (χ4n) is 3.12. The Labute approximate surface area is 152 Å². The van der Waals surface area contributed by atoms with Crippen LogP contribution in [-0.4, -0.2) is 52.8 Å². The van der Waals surface area contributed by atoms with Crippen LogP contribution < -0.4 is 0 Å². The summed E-state index contributed by atoms with van der Waals surface area (Å²) in [4.78, 5) is 33.2. The summed E-state index contributed by atoms with van der Waals surface area (Å²) in [5.74, 6) is -0.0132. The highest BCUT2D eigenvalue weighted by Crippen LogP contribution is 2.24. The summed E-state index contributed by atoms with van der Waals surface area (Å²) in [6.45, 7) is 3.27. The molecular weight excluding hydrogens is 334 g/mol. The van der Waals surface area contributed by atoms with Gasteiger partial charge in [0.05, 0.1) is 0 Å². The Hall–Kier alpha value is -2.21. The smallest absolute Gasteiger partial charge is 0.254 e. The Balaban J connectivity index is 1.79. The van der Waals surface area contributed by atoms with Gasteiger partial charge in [-0.15, -0.1) is 11.3 Å². The van der Waals surface area contributed by atoms with Crippen molar-refractivity contribution in [2.45, 2.75) is 32.2 Å². The molecule has 1 saturated heterocycles. The molecule has 1 aromatic carbocycles. The fraction of sp³-hybridized carbons (Fsp3) is 0.421. The lowest BCUT2D eigenvalue weighted by atomic mass is 10.0. The van der Waals surface area contributed by atoms with Crippen molar-refractivity contribution in [1.82, 2.24) is 14.8 Å². The molecule has 0 spiro atoms. The maximum absolute atomic E-state index is 13.0. The number of likely N-dealkylation sites (N-methyl/N-ethyl adjacent to an activating group) is 1. The van der Waals surface area contributed by atoms with Crippen molar-refractivity contribution < 1.29 is 9.59 Å². The number of thiazole rings is 1. The third-order valence-electron chi connectivity index (χ3n) is 4.62. The zero-order chi connectivity index (χ0) is 17.8. The van der Waals surface area contributed by atoms with Crippen LogP contribution in [0.4, 0.5) is 0 Å². The number of unbranched alkanes of at least 4 members (excludes halogenated alkanes) is 1. The highest BCUT2D eigenvalue weighted by atomic mass is 32.1. The average molecular weight is 357 g/mol. The van der Waals surface area contributed by atoms with E-state index in [1.165, 1.54) is 0 Å². The Morgan fingerprint density at radius 2 is 2.04 bits per heavy atom. The number of piperazine rings is 1. The second kappa shape index (κ2) is 7.78. The first-order valence-corrected chi connectivity index (χ1v) is 9.55. The van der Waals surface area contributed by atoms with Gasteiger partial charge in [-0.1, -0.05) is 31.9 Å². The second-order valence-electron chi connectivity index (χ2n) is 6.33. The molecule has 0 bridgehead atoms. The first kappa shape index (κ1) is 17.6. The van der Waals surface area contributed by atoms with E-state index >= 15 is 0 Å². The van der Waals surface area contributed by atoms with Gasteiger partial charge in [0.2, 0.25) is 5.91 Å². The van der Waals surface area contributed by atoms with Gasteiger partial charge in [0.15, 0.2) is 0 Å². The summed E-state index contributed by atoms with van der Waals surface area (Å²) in [5, 5.41) is 2.87. The highest BCUT2D eigenvalue weighted by molar-refractivity contribution is 7.13. The molecule has 5 nitrogen and oxygen atoms in total. The number of benzene rings is 1. The van der Waals surface area contributed by atoms with Crippen LogP contribution in [0, 0.1) is 0 Å². The number of rotatable bonds is 5. The fourth-order valence-corrected chi connectivity index (χ4v) is 3.76. The van der Waals surface area contributed by atoms with E-state index in [1.807, 2.05) is 36.7 Å². The van der Waals surface area contributed by atoms with Crippen molar-refractivity contribution in [2.75, 3.05) is 20.1 Å². The molecule has 0 aliphatic carbocycles. The number of hydrogen-bond acceptors (Lipinski definition) is 4. The van der Waals surface area contributed by atoms with Gasteiger partial charge in [-0.05, 0) is 18.6 Å². The van der Waals surface area contributed by atoms with E-state index < -0.39 is 0 Å². The van der Waals surface area contributed by atoms with Crippen LogP contribution in [0.15, 0.2) is 35.8 Å². The standard InChI is InChI=1S/C19H23N3O2S/c1-3-4-5-16-19(24)21(2)11-12-22(16)18(23)15-8-6-14(7-9-15)17-20-10-13-25-17/h6-10,13,16H,3-5,11-12H2,1-2H3. The number of carbonyl (C=O) groups excluding carboxylic acids is 2. The lowest BCUT2D eigenvalue weighted by molar-refractivity contribution is -0.138. The van der Waals surface area contributed by atoms with Gasteiger partial charge in [-0.2, -0.15) is 0 Å². The van der Waals surface area contributed by atoms with Gasteiger partial charge in [0.1, 0.15) is 11.0 Å². The van der Waals surface area contributed by atoms with Crippen molar-refractivity contribution in [3.8, 4) is 10.6 Å². The molecule has 3 rings (SSSR count). The van der Waals surface area contributed by atoms with E-state index in [-0.39, 0.29) is 17.9 Å². The molecule has 1 unspecified atom stereocenters. The molecule has 0 N–H and O–H groups in total. The molecule has 25 heavy (non-hydrogen) atoms. The number of hydrogen-bond donors (Lipinski definition) is 0. The van der Waals surface area contributed by atoms with Crippen LogP contribution in [0.25, 0.3) is 10.6 Å². The highest BCUT2D eigenvalue weighted by Gasteiger charge is 2.35. The number of nitrogens with zero attached hydrogens (tertiary/aromatic N) is 3. The molecule has 0 saturated carbocycles. The van der Waals surface area contributed by atoms with Crippen molar-refractivity contribution in [2.24, 2.45) is 0 Å². The SMILES string of the molecule is CCCCC1C(=O)N(C)CCN1C(=O)c1ccc(-c2nccs2)cc1.